The van der Waals surface area contributed by atoms with Crippen LogP contribution in [0.3, 0.4) is 0 Å². The molecule has 2 amide bonds. The quantitative estimate of drug-likeness (QED) is 0.590. The summed E-state index contributed by atoms with van der Waals surface area (Å²) in [7, 11) is 0. The molecule has 0 aromatic rings. The minimum Gasteiger partial charge on any atom is -0.480 e. The highest BCUT2D eigenvalue weighted by Gasteiger charge is 2.19. The number of rotatable bonds is 6. The lowest BCUT2D eigenvalue weighted by Crippen LogP contribution is -2.46. The van der Waals surface area contributed by atoms with Crippen LogP contribution in [0.4, 0.5) is 4.79 Å². The highest BCUT2D eigenvalue weighted by Crippen LogP contribution is 2.14. The van der Waals surface area contributed by atoms with Crippen molar-refractivity contribution in [3.63, 3.8) is 0 Å². The summed E-state index contributed by atoms with van der Waals surface area (Å²) in [5.41, 5.74) is 0. The van der Waals surface area contributed by atoms with Crippen LogP contribution >= 0.6 is 0 Å². The van der Waals surface area contributed by atoms with Crippen LogP contribution in [0.25, 0.3) is 0 Å². The van der Waals surface area contributed by atoms with Crippen molar-refractivity contribution in [3.8, 4) is 12.3 Å². The van der Waals surface area contributed by atoms with Gasteiger partial charge < -0.3 is 20.5 Å². The SMILES string of the molecule is C#CCC(NC(=O)NCCC1CCOC1)C(=O)O. The Balaban J connectivity index is 2.19. The highest BCUT2D eigenvalue weighted by molar-refractivity contribution is 5.82. The van der Waals surface area contributed by atoms with E-state index in [0.717, 1.165) is 26.1 Å². The molecule has 3 N–H and O–H groups in total. The number of carbonyl (C=O) groups excluding carboxylic acids is 1. The van der Waals surface area contributed by atoms with E-state index in [9.17, 15) is 9.59 Å². The molecule has 1 saturated heterocycles. The van der Waals surface area contributed by atoms with Gasteiger partial charge in [0.1, 0.15) is 6.04 Å². The first-order valence-electron chi connectivity index (χ1n) is 5.92. The molecule has 1 aliphatic heterocycles. The Morgan fingerprint density at radius 1 is 1.56 bits per heavy atom. The van der Waals surface area contributed by atoms with Gasteiger partial charge in [-0.05, 0) is 18.8 Å². The largest absolute Gasteiger partial charge is 0.480 e. The second-order valence-electron chi connectivity index (χ2n) is 4.22. The molecule has 0 aliphatic carbocycles. The minimum atomic E-state index is -1.13. The van der Waals surface area contributed by atoms with E-state index in [1.165, 1.54) is 0 Å². The number of ether oxygens (including phenoxy) is 1. The van der Waals surface area contributed by atoms with Crippen LogP contribution in [0.1, 0.15) is 19.3 Å². The number of carboxylic acid groups (broad SMARTS) is 1. The van der Waals surface area contributed by atoms with Gasteiger partial charge >= 0.3 is 12.0 Å². The van der Waals surface area contributed by atoms with Gasteiger partial charge in [-0.1, -0.05) is 0 Å². The van der Waals surface area contributed by atoms with Crippen molar-refractivity contribution in [2.45, 2.75) is 25.3 Å². The number of carbonyl (C=O) groups is 2. The van der Waals surface area contributed by atoms with Crippen molar-refractivity contribution in [2.75, 3.05) is 19.8 Å². The normalized spacial score (nSPS) is 19.8. The molecule has 0 saturated carbocycles. The van der Waals surface area contributed by atoms with Gasteiger partial charge in [0.15, 0.2) is 0 Å². The standard InChI is InChI=1S/C12H18N2O4/c1-2-3-10(11(15)16)14-12(17)13-6-4-9-5-7-18-8-9/h1,9-10H,3-8H2,(H,15,16)(H2,13,14,17). The van der Waals surface area contributed by atoms with Gasteiger partial charge in [-0.25, -0.2) is 9.59 Å². The molecule has 0 aromatic carbocycles. The predicted octanol–water partition coefficient (Wildman–Crippen LogP) is 0.189. The first kappa shape index (κ1) is 14.3. The Morgan fingerprint density at radius 3 is 2.89 bits per heavy atom. The third-order valence-electron chi connectivity index (χ3n) is 2.79. The molecule has 0 bridgehead atoms. The summed E-state index contributed by atoms with van der Waals surface area (Å²) in [6.45, 7) is 2.01. The molecular weight excluding hydrogens is 236 g/mol. The topological polar surface area (TPSA) is 87.7 Å². The average Bonchev–Trinajstić information content (AvgIpc) is 2.81. The maximum absolute atomic E-state index is 11.4. The second kappa shape index (κ2) is 7.56. The zero-order chi connectivity index (χ0) is 13.4. The lowest BCUT2D eigenvalue weighted by Gasteiger charge is -2.13. The maximum atomic E-state index is 11.4. The van der Waals surface area contributed by atoms with Crippen LogP contribution < -0.4 is 10.6 Å². The molecule has 1 heterocycles. The van der Waals surface area contributed by atoms with E-state index in [4.69, 9.17) is 16.3 Å². The van der Waals surface area contributed by atoms with Gasteiger partial charge in [0.2, 0.25) is 0 Å². The lowest BCUT2D eigenvalue weighted by molar-refractivity contribution is -0.139. The molecule has 0 radical (unpaired) electrons. The van der Waals surface area contributed by atoms with Crippen molar-refractivity contribution in [1.29, 1.82) is 0 Å². The molecule has 1 aliphatic rings. The van der Waals surface area contributed by atoms with Crippen LogP contribution in [0, 0.1) is 18.3 Å². The van der Waals surface area contributed by atoms with Crippen molar-refractivity contribution in [3.05, 3.63) is 0 Å². The molecule has 1 fully saturated rings. The Labute approximate surface area is 106 Å². The van der Waals surface area contributed by atoms with E-state index in [1.54, 1.807) is 0 Å². The Morgan fingerprint density at radius 2 is 2.33 bits per heavy atom. The summed E-state index contributed by atoms with van der Waals surface area (Å²) < 4.78 is 5.21. The first-order valence-corrected chi connectivity index (χ1v) is 5.92. The zero-order valence-corrected chi connectivity index (χ0v) is 10.1. The predicted molar refractivity (Wildman–Crippen MR) is 65.0 cm³/mol. The lowest BCUT2D eigenvalue weighted by atomic mass is 10.1. The fourth-order valence-electron chi connectivity index (χ4n) is 1.73. The monoisotopic (exact) mass is 254 g/mol. The van der Waals surface area contributed by atoms with Crippen molar-refractivity contribution >= 4 is 12.0 Å². The van der Waals surface area contributed by atoms with E-state index >= 15 is 0 Å². The molecule has 18 heavy (non-hydrogen) atoms. The van der Waals surface area contributed by atoms with E-state index < -0.39 is 18.0 Å². The zero-order valence-electron chi connectivity index (χ0n) is 10.1. The van der Waals surface area contributed by atoms with E-state index in [2.05, 4.69) is 16.6 Å². The van der Waals surface area contributed by atoms with Gasteiger partial charge in [-0.15, -0.1) is 12.3 Å². The summed E-state index contributed by atoms with van der Waals surface area (Å²) in [5, 5.41) is 13.7. The number of carboxylic acids is 1. The summed E-state index contributed by atoms with van der Waals surface area (Å²) in [6.07, 6.45) is 6.84. The summed E-state index contributed by atoms with van der Waals surface area (Å²) in [5.74, 6) is 1.56. The smallest absolute Gasteiger partial charge is 0.327 e. The molecule has 2 atom stereocenters. The van der Waals surface area contributed by atoms with Gasteiger partial charge in [0, 0.05) is 26.2 Å². The molecule has 100 valence electrons. The minimum absolute atomic E-state index is 0.0286. The van der Waals surface area contributed by atoms with Gasteiger partial charge in [-0.2, -0.15) is 0 Å². The summed E-state index contributed by atoms with van der Waals surface area (Å²) in [6, 6.07) is -1.54. The molecule has 0 spiro atoms. The molecular formula is C12H18N2O4. The Hall–Kier alpha value is -1.74. The summed E-state index contributed by atoms with van der Waals surface area (Å²) in [4.78, 5) is 22.2. The maximum Gasteiger partial charge on any atom is 0.327 e. The van der Waals surface area contributed by atoms with Gasteiger partial charge in [-0.3, -0.25) is 0 Å². The number of terminal acetylenes is 1. The Kier molecular flexibility index (Phi) is 6.01. The number of aliphatic carboxylic acids is 1. The first-order chi connectivity index (χ1) is 8.63. The van der Waals surface area contributed by atoms with Crippen LogP contribution in [-0.4, -0.2) is 42.9 Å². The average molecular weight is 254 g/mol. The van der Waals surface area contributed by atoms with Crippen molar-refractivity contribution < 1.29 is 19.4 Å². The van der Waals surface area contributed by atoms with E-state index in [-0.39, 0.29) is 6.42 Å². The number of amides is 2. The van der Waals surface area contributed by atoms with Gasteiger partial charge in [0.25, 0.3) is 0 Å². The molecule has 6 heteroatoms. The van der Waals surface area contributed by atoms with Crippen LogP contribution in [0.2, 0.25) is 0 Å². The molecule has 6 nitrogen and oxygen atoms in total. The Bertz CT molecular complexity index is 331. The third kappa shape index (κ3) is 5.06. The number of nitrogens with one attached hydrogen (secondary N) is 2. The van der Waals surface area contributed by atoms with Crippen molar-refractivity contribution in [2.24, 2.45) is 5.92 Å². The molecule has 2 unspecified atom stereocenters. The van der Waals surface area contributed by atoms with Gasteiger partial charge in [0.05, 0.1) is 0 Å². The van der Waals surface area contributed by atoms with Crippen LogP contribution in [0.15, 0.2) is 0 Å². The second-order valence-corrected chi connectivity index (χ2v) is 4.22. The van der Waals surface area contributed by atoms with E-state index in [0.29, 0.717) is 12.5 Å². The van der Waals surface area contributed by atoms with Crippen LogP contribution in [-0.2, 0) is 9.53 Å². The van der Waals surface area contributed by atoms with E-state index in [1.807, 2.05) is 0 Å². The fourth-order valence-corrected chi connectivity index (χ4v) is 1.73. The fraction of sp³-hybridized carbons (Fsp3) is 0.667. The number of urea groups is 1. The summed E-state index contributed by atoms with van der Waals surface area (Å²) >= 11 is 0. The molecule has 1 rings (SSSR count). The van der Waals surface area contributed by atoms with Crippen LogP contribution in [0.5, 0.6) is 0 Å². The number of hydrogen-bond acceptors (Lipinski definition) is 3. The molecule has 0 aromatic heterocycles. The highest BCUT2D eigenvalue weighted by atomic mass is 16.5. The third-order valence-corrected chi connectivity index (χ3v) is 2.79. The van der Waals surface area contributed by atoms with Crippen molar-refractivity contribution in [1.82, 2.24) is 10.6 Å². The number of hydrogen-bond donors (Lipinski definition) is 3.